The van der Waals surface area contributed by atoms with Gasteiger partial charge < -0.3 is 14.1 Å². The zero-order valence-corrected chi connectivity index (χ0v) is 11.3. The summed E-state index contributed by atoms with van der Waals surface area (Å²) in [4.78, 5) is 25.7. The van der Waals surface area contributed by atoms with Crippen LogP contribution in [0.1, 0.15) is 35.9 Å². The fraction of sp³-hybridized carbons (Fsp3) is 0.571. The van der Waals surface area contributed by atoms with Crippen molar-refractivity contribution in [2.24, 2.45) is 5.92 Å². The normalized spacial score (nSPS) is 19.3. The molecule has 19 heavy (non-hydrogen) atoms. The minimum atomic E-state index is -0.205. The monoisotopic (exact) mass is 265 g/mol. The van der Waals surface area contributed by atoms with Gasteiger partial charge in [0.2, 0.25) is 0 Å². The van der Waals surface area contributed by atoms with Crippen LogP contribution in [0.15, 0.2) is 16.7 Å². The van der Waals surface area contributed by atoms with Crippen LogP contribution in [-0.4, -0.2) is 36.5 Å². The number of hydrogen-bond donors (Lipinski definition) is 0. The number of esters is 1. The van der Waals surface area contributed by atoms with Gasteiger partial charge in [0.1, 0.15) is 12.0 Å². The summed E-state index contributed by atoms with van der Waals surface area (Å²) < 4.78 is 10.2. The lowest BCUT2D eigenvalue weighted by Gasteiger charge is -2.31. The highest BCUT2D eigenvalue weighted by molar-refractivity contribution is 5.94. The quantitative estimate of drug-likeness (QED) is 0.784. The first-order valence-corrected chi connectivity index (χ1v) is 6.63. The Morgan fingerprint density at radius 3 is 2.95 bits per heavy atom. The second-order valence-electron chi connectivity index (χ2n) is 4.79. The zero-order chi connectivity index (χ0) is 13.8. The number of likely N-dealkylation sites (tertiary alicyclic amines) is 1. The van der Waals surface area contributed by atoms with E-state index in [-0.39, 0.29) is 17.8 Å². The van der Waals surface area contributed by atoms with Crippen molar-refractivity contribution < 1.29 is 18.7 Å². The minimum Gasteiger partial charge on any atom is -0.469 e. The molecule has 0 aliphatic carbocycles. The van der Waals surface area contributed by atoms with E-state index in [1.54, 1.807) is 24.8 Å². The number of rotatable bonds is 3. The van der Waals surface area contributed by atoms with Crippen molar-refractivity contribution in [3.05, 3.63) is 23.7 Å². The molecule has 0 unspecified atom stereocenters. The van der Waals surface area contributed by atoms with Crippen molar-refractivity contribution in [3.63, 3.8) is 0 Å². The Balaban J connectivity index is 2.01. The van der Waals surface area contributed by atoms with Gasteiger partial charge in [0.15, 0.2) is 0 Å². The van der Waals surface area contributed by atoms with Crippen LogP contribution >= 0.6 is 0 Å². The van der Waals surface area contributed by atoms with E-state index in [9.17, 15) is 9.59 Å². The molecule has 1 fully saturated rings. The molecule has 2 heterocycles. The van der Waals surface area contributed by atoms with Crippen LogP contribution in [0.25, 0.3) is 0 Å². The Labute approximate surface area is 112 Å². The van der Waals surface area contributed by atoms with Gasteiger partial charge in [-0.05, 0) is 32.8 Å². The number of nitrogens with zero attached hydrogens (tertiary/aromatic N) is 1. The number of furan rings is 1. The van der Waals surface area contributed by atoms with Crippen LogP contribution in [0.3, 0.4) is 0 Å². The molecule has 0 N–H and O–H groups in total. The first-order valence-electron chi connectivity index (χ1n) is 6.63. The molecule has 1 aliphatic heterocycles. The fourth-order valence-electron chi connectivity index (χ4n) is 2.35. The molecule has 1 atom stereocenters. The Kier molecular flexibility index (Phi) is 4.24. The standard InChI is InChI=1S/C14H19NO4/c1-3-18-14(17)11-5-4-6-15(8-11)13(16)12-7-10(2)19-9-12/h7,9,11H,3-6,8H2,1-2H3/t11-/m0/s1. The second kappa shape index (κ2) is 5.91. The van der Waals surface area contributed by atoms with Gasteiger partial charge in [0, 0.05) is 13.1 Å². The maximum Gasteiger partial charge on any atom is 0.310 e. The third-order valence-corrected chi connectivity index (χ3v) is 3.31. The van der Waals surface area contributed by atoms with E-state index in [0.29, 0.717) is 31.0 Å². The zero-order valence-electron chi connectivity index (χ0n) is 11.3. The molecular weight excluding hydrogens is 246 g/mol. The molecule has 1 aliphatic rings. The van der Waals surface area contributed by atoms with Gasteiger partial charge in [0.05, 0.1) is 18.1 Å². The molecule has 0 saturated carbocycles. The predicted octanol–water partition coefficient (Wildman–Crippen LogP) is 2.00. The number of hydrogen-bond acceptors (Lipinski definition) is 4. The van der Waals surface area contributed by atoms with Crippen molar-refractivity contribution in [3.8, 4) is 0 Å². The molecule has 1 aromatic rings. The SMILES string of the molecule is CCOC(=O)[C@H]1CCCN(C(=O)c2coc(C)c2)C1. The summed E-state index contributed by atoms with van der Waals surface area (Å²) >= 11 is 0. The molecule has 0 bridgehead atoms. The van der Waals surface area contributed by atoms with Crippen LogP contribution < -0.4 is 0 Å². The van der Waals surface area contributed by atoms with Crippen molar-refractivity contribution in [2.75, 3.05) is 19.7 Å². The molecule has 0 aromatic carbocycles. The first-order chi connectivity index (χ1) is 9.11. The predicted molar refractivity (Wildman–Crippen MR) is 68.7 cm³/mol. The molecular formula is C14H19NO4. The largest absolute Gasteiger partial charge is 0.469 e. The van der Waals surface area contributed by atoms with Crippen LogP contribution in [0.5, 0.6) is 0 Å². The van der Waals surface area contributed by atoms with Crippen LogP contribution in [0.4, 0.5) is 0 Å². The molecule has 1 amide bonds. The van der Waals surface area contributed by atoms with Crippen molar-refractivity contribution >= 4 is 11.9 Å². The Hall–Kier alpha value is -1.78. The lowest BCUT2D eigenvalue weighted by Crippen LogP contribution is -2.42. The van der Waals surface area contributed by atoms with Gasteiger partial charge >= 0.3 is 5.97 Å². The van der Waals surface area contributed by atoms with Crippen LogP contribution in [0.2, 0.25) is 0 Å². The van der Waals surface area contributed by atoms with Gasteiger partial charge in [-0.3, -0.25) is 9.59 Å². The highest BCUT2D eigenvalue weighted by Crippen LogP contribution is 2.20. The summed E-state index contributed by atoms with van der Waals surface area (Å²) in [5.74, 6) is 0.224. The molecule has 0 spiro atoms. The number of ether oxygens (including phenoxy) is 1. The van der Waals surface area contributed by atoms with Crippen LogP contribution in [0, 0.1) is 12.8 Å². The lowest BCUT2D eigenvalue weighted by atomic mass is 9.98. The summed E-state index contributed by atoms with van der Waals surface area (Å²) in [7, 11) is 0. The van der Waals surface area contributed by atoms with Crippen molar-refractivity contribution in [2.45, 2.75) is 26.7 Å². The smallest absolute Gasteiger partial charge is 0.310 e. The van der Waals surface area contributed by atoms with E-state index in [0.717, 1.165) is 12.8 Å². The summed E-state index contributed by atoms with van der Waals surface area (Å²) in [6, 6.07) is 1.72. The van der Waals surface area contributed by atoms with Crippen molar-refractivity contribution in [1.29, 1.82) is 0 Å². The topological polar surface area (TPSA) is 59.8 Å². The molecule has 5 nitrogen and oxygen atoms in total. The molecule has 0 radical (unpaired) electrons. The Morgan fingerprint density at radius 2 is 2.32 bits per heavy atom. The number of carbonyl (C=O) groups is 2. The maximum atomic E-state index is 12.3. The van der Waals surface area contributed by atoms with Crippen molar-refractivity contribution in [1.82, 2.24) is 4.90 Å². The Bertz CT molecular complexity index is 466. The first kappa shape index (κ1) is 13.6. The van der Waals surface area contributed by atoms with Gasteiger partial charge in [-0.2, -0.15) is 0 Å². The molecule has 5 heteroatoms. The highest BCUT2D eigenvalue weighted by Gasteiger charge is 2.30. The van der Waals surface area contributed by atoms with Gasteiger partial charge in [-0.1, -0.05) is 0 Å². The molecule has 1 saturated heterocycles. The summed E-state index contributed by atoms with van der Waals surface area (Å²) in [6.07, 6.45) is 3.07. The molecule has 2 rings (SSSR count). The summed E-state index contributed by atoms with van der Waals surface area (Å²) in [5, 5.41) is 0. The third kappa shape index (κ3) is 3.16. The van der Waals surface area contributed by atoms with E-state index in [4.69, 9.17) is 9.15 Å². The fourth-order valence-corrected chi connectivity index (χ4v) is 2.35. The highest BCUT2D eigenvalue weighted by atomic mass is 16.5. The number of aryl methyl sites for hydroxylation is 1. The number of carbonyl (C=O) groups excluding carboxylic acids is 2. The van der Waals surface area contributed by atoms with Gasteiger partial charge in [-0.25, -0.2) is 0 Å². The Morgan fingerprint density at radius 1 is 1.53 bits per heavy atom. The van der Waals surface area contributed by atoms with Gasteiger partial charge in [0.25, 0.3) is 5.91 Å². The third-order valence-electron chi connectivity index (χ3n) is 3.31. The summed E-state index contributed by atoms with van der Waals surface area (Å²) in [5.41, 5.74) is 0.544. The summed E-state index contributed by atoms with van der Waals surface area (Å²) in [6.45, 7) is 5.08. The molecule has 104 valence electrons. The van der Waals surface area contributed by atoms with E-state index in [2.05, 4.69) is 0 Å². The number of amides is 1. The van der Waals surface area contributed by atoms with Gasteiger partial charge in [-0.15, -0.1) is 0 Å². The number of piperidine rings is 1. The van der Waals surface area contributed by atoms with E-state index >= 15 is 0 Å². The minimum absolute atomic E-state index is 0.0779. The van der Waals surface area contributed by atoms with E-state index < -0.39 is 0 Å². The average molecular weight is 265 g/mol. The lowest BCUT2D eigenvalue weighted by molar-refractivity contribution is -0.149. The average Bonchev–Trinajstić information content (AvgIpc) is 2.85. The maximum absolute atomic E-state index is 12.3. The second-order valence-corrected chi connectivity index (χ2v) is 4.79. The molecule has 1 aromatic heterocycles. The van der Waals surface area contributed by atoms with E-state index in [1.165, 1.54) is 6.26 Å². The van der Waals surface area contributed by atoms with Crippen LogP contribution in [-0.2, 0) is 9.53 Å². The van der Waals surface area contributed by atoms with E-state index in [1.807, 2.05) is 0 Å².